The number of nitrogen functional groups attached to an aromatic ring is 1. The molecule has 100 valence electrons. The van der Waals surface area contributed by atoms with Gasteiger partial charge in [-0.25, -0.2) is 10.8 Å². The van der Waals surface area contributed by atoms with E-state index in [0.717, 1.165) is 22.3 Å². The highest BCUT2D eigenvalue weighted by Gasteiger charge is 2.14. The number of pyridine rings is 1. The highest BCUT2D eigenvalue weighted by molar-refractivity contribution is 7.09. The predicted molar refractivity (Wildman–Crippen MR) is 75.2 cm³/mol. The molecule has 0 aliphatic rings. The number of anilines is 2. The minimum atomic E-state index is -0.323. The highest BCUT2D eigenvalue weighted by atomic mass is 32.1. The van der Waals surface area contributed by atoms with Crippen molar-refractivity contribution in [1.29, 1.82) is 0 Å². The lowest BCUT2D eigenvalue weighted by atomic mass is 10.1. The van der Waals surface area contributed by atoms with Crippen molar-refractivity contribution in [3.63, 3.8) is 0 Å². The molecule has 0 unspecified atom stereocenters. The zero-order chi connectivity index (χ0) is 13.9. The second kappa shape index (κ2) is 5.15. The lowest BCUT2D eigenvalue weighted by molar-refractivity contribution is 0.102. The third kappa shape index (κ3) is 2.15. The first-order chi connectivity index (χ1) is 9.79. The molecule has 2 heterocycles. The van der Waals surface area contributed by atoms with Crippen molar-refractivity contribution in [1.82, 2.24) is 19.8 Å². The number of amides is 1. The summed E-state index contributed by atoms with van der Waals surface area (Å²) in [6.45, 7) is 0. The van der Waals surface area contributed by atoms with Crippen LogP contribution in [0.3, 0.4) is 0 Å². The van der Waals surface area contributed by atoms with E-state index < -0.39 is 0 Å². The zero-order valence-electron chi connectivity index (χ0n) is 10.1. The smallest absolute Gasteiger partial charge is 0.259 e. The fourth-order valence-corrected chi connectivity index (χ4v) is 2.20. The van der Waals surface area contributed by atoms with E-state index in [4.69, 9.17) is 5.84 Å². The van der Waals surface area contributed by atoms with Crippen molar-refractivity contribution in [3.8, 4) is 0 Å². The van der Waals surface area contributed by atoms with E-state index in [1.807, 2.05) is 24.3 Å². The molecule has 9 heteroatoms. The van der Waals surface area contributed by atoms with E-state index in [-0.39, 0.29) is 5.91 Å². The van der Waals surface area contributed by atoms with Gasteiger partial charge in [0.1, 0.15) is 5.82 Å². The van der Waals surface area contributed by atoms with Crippen LogP contribution in [0.4, 0.5) is 10.9 Å². The van der Waals surface area contributed by atoms with Crippen LogP contribution in [0.1, 0.15) is 10.4 Å². The Morgan fingerprint density at radius 1 is 1.25 bits per heavy atom. The van der Waals surface area contributed by atoms with E-state index in [1.54, 1.807) is 0 Å². The first-order valence-electron chi connectivity index (χ1n) is 5.60. The summed E-state index contributed by atoms with van der Waals surface area (Å²) in [7, 11) is 0. The Balaban J connectivity index is 2.05. The lowest BCUT2D eigenvalue weighted by Crippen LogP contribution is -2.14. The minimum Gasteiger partial charge on any atom is -0.308 e. The van der Waals surface area contributed by atoms with Crippen molar-refractivity contribution >= 4 is 39.2 Å². The molecule has 0 fully saturated rings. The van der Waals surface area contributed by atoms with Gasteiger partial charge in [-0.1, -0.05) is 33.9 Å². The third-order valence-electron chi connectivity index (χ3n) is 2.70. The van der Waals surface area contributed by atoms with E-state index in [2.05, 4.69) is 30.5 Å². The Labute approximate surface area is 117 Å². The van der Waals surface area contributed by atoms with Crippen molar-refractivity contribution in [2.24, 2.45) is 5.84 Å². The molecular weight excluding hydrogens is 278 g/mol. The van der Waals surface area contributed by atoms with Crippen LogP contribution < -0.4 is 16.6 Å². The Bertz CT molecular complexity index is 759. The number of hydrogen-bond donors (Lipinski definition) is 3. The highest BCUT2D eigenvalue weighted by Crippen LogP contribution is 2.24. The standard InChI is InChI=1S/C11H9N7OS/c12-15-9-7-4-2-1-3-6(7)8(5-13-9)10(19)14-11-16-17-18-20-11/h1-5H,12H2,(H,13,15)(H,14,16,18,19). The number of nitrogens with one attached hydrogen (secondary N) is 2. The molecule has 0 saturated carbocycles. The Morgan fingerprint density at radius 3 is 2.75 bits per heavy atom. The van der Waals surface area contributed by atoms with Gasteiger partial charge < -0.3 is 5.43 Å². The first kappa shape index (κ1) is 12.4. The molecule has 0 spiro atoms. The monoisotopic (exact) mass is 287 g/mol. The molecular formula is C11H9N7OS. The van der Waals surface area contributed by atoms with Crippen LogP contribution in [0.5, 0.6) is 0 Å². The summed E-state index contributed by atoms with van der Waals surface area (Å²) in [5.41, 5.74) is 2.93. The predicted octanol–water partition coefficient (Wildman–Crippen LogP) is 1.02. The van der Waals surface area contributed by atoms with Crippen LogP contribution >= 0.6 is 11.5 Å². The number of aromatic nitrogens is 4. The summed E-state index contributed by atoms with van der Waals surface area (Å²) < 4.78 is 3.58. The second-order valence-corrected chi connectivity index (χ2v) is 4.56. The Morgan fingerprint density at radius 2 is 2.05 bits per heavy atom. The normalized spacial score (nSPS) is 10.4. The van der Waals surface area contributed by atoms with Gasteiger partial charge in [0.25, 0.3) is 5.91 Å². The summed E-state index contributed by atoms with van der Waals surface area (Å²) in [6.07, 6.45) is 1.46. The summed E-state index contributed by atoms with van der Waals surface area (Å²) in [5, 5.41) is 11.5. The number of nitrogens with zero attached hydrogens (tertiary/aromatic N) is 4. The molecule has 20 heavy (non-hydrogen) atoms. The molecule has 0 bridgehead atoms. The lowest BCUT2D eigenvalue weighted by Gasteiger charge is -2.08. The number of nitrogens with two attached hydrogens (primary N) is 1. The van der Waals surface area contributed by atoms with Crippen LogP contribution in [0, 0.1) is 0 Å². The summed E-state index contributed by atoms with van der Waals surface area (Å²) in [5.74, 6) is 5.60. The van der Waals surface area contributed by atoms with Gasteiger partial charge in [0.05, 0.1) is 5.56 Å². The maximum absolute atomic E-state index is 12.2. The zero-order valence-corrected chi connectivity index (χ0v) is 10.9. The van der Waals surface area contributed by atoms with Gasteiger partial charge in [-0.2, -0.15) is 0 Å². The van der Waals surface area contributed by atoms with E-state index >= 15 is 0 Å². The van der Waals surface area contributed by atoms with Crippen LogP contribution in [-0.2, 0) is 0 Å². The van der Waals surface area contributed by atoms with Crippen molar-refractivity contribution < 1.29 is 4.79 Å². The molecule has 2 aromatic heterocycles. The Hall–Kier alpha value is -2.65. The number of hydrazine groups is 1. The molecule has 3 rings (SSSR count). The molecule has 0 saturated heterocycles. The van der Waals surface area contributed by atoms with Gasteiger partial charge >= 0.3 is 0 Å². The molecule has 0 radical (unpaired) electrons. The van der Waals surface area contributed by atoms with Gasteiger partial charge in [-0.3, -0.25) is 10.1 Å². The molecule has 0 atom stereocenters. The molecule has 1 amide bonds. The molecule has 3 aromatic rings. The summed E-state index contributed by atoms with van der Waals surface area (Å²) in [6, 6.07) is 7.35. The van der Waals surface area contributed by atoms with Crippen molar-refractivity contribution in [2.75, 3.05) is 10.7 Å². The number of benzene rings is 1. The molecule has 1 aromatic carbocycles. The molecule has 0 aliphatic heterocycles. The topological polar surface area (TPSA) is 119 Å². The fraction of sp³-hybridized carbons (Fsp3) is 0. The van der Waals surface area contributed by atoms with E-state index in [1.165, 1.54) is 6.20 Å². The number of carbonyl (C=O) groups is 1. The van der Waals surface area contributed by atoms with Crippen molar-refractivity contribution in [3.05, 3.63) is 36.0 Å². The molecule has 4 N–H and O–H groups in total. The van der Waals surface area contributed by atoms with E-state index in [0.29, 0.717) is 16.5 Å². The van der Waals surface area contributed by atoms with Gasteiger partial charge in [0.2, 0.25) is 5.13 Å². The van der Waals surface area contributed by atoms with Crippen LogP contribution in [-0.4, -0.2) is 25.7 Å². The van der Waals surface area contributed by atoms with Crippen LogP contribution in [0.2, 0.25) is 0 Å². The third-order valence-corrected chi connectivity index (χ3v) is 3.21. The molecule has 0 aliphatic carbocycles. The van der Waals surface area contributed by atoms with Gasteiger partial charge in [-0.15, -0.1) is 0 Å². The second-order valence-electron chi connectivity index (χ2n) is 3.83. The first-order valence-corrected chi connectivity index (χ1v) is 6.37. The summed E-state index contributed by atoms with van der Waals surface area (Å²) >= 11 is 1.00. The maximum Gasteiger partial charge on any atom is 0.259 e. The van der Waals surface area contributed by atoms with Gasteiger partial charge in [-0.05, 0) is 10.6 Å². The minimum absolute atomic E-state index is 0.323. The van der Waals surface area contributed by atoms with Gasteiger partial charge in [0.15, 0.2) is 0 Å². The average molecular weight is 287 g/mol. The Kier molecular flexibility index (Phi) is 3.19. The number of carbonyl (C=O) groups excluding carboxylic acids is 1. The number of fused-ring (bicyclic) bond motifs is 1. The SMILES string of the molecule is NNc1ncc(C(=O)Nc2nnns2)c2ccccc12. The van der Waals surface area contributed by atoms with Crippen LogP contribution in [0.25, 0.3) is 10.8 Å². The largest absolute Gasteiger partial charge is 0.308 e. The fourth-order valence-electron chi connectivity index (χ4n) is 1.83. The summed E-state index contributed by atoms with van der Waals surface area (Å²) in [4.78, 5) is 16.4. The molecule has 8 nitrogen and oxygen atoms in total. The maximum atomic E-state index is 12.2. The number of rotatable bonds is 3. The van der Waals surface area contributed by atoms with Crippen LogP contribution in [0.15, 0.2) is 30.5 Å². The number of hydrogen-bond acceptors (Lipinski definition) is 8. The average Bonchev–Trinajstić information content (AvgIpc) is 2.99. The quantitative estimate of drug-likeness (QED) is 0.486. The van der Waals surface area contributed by atoms with Crippen molar-refractivity contribution in [2.45, 2.75) is 0 Å². The van der Waals surface area contributed by atoms with E-state index in [9.17, 15) is 4.79 Å². The van der Waals surface area contributed by atoms with Gasteiger partial charge in [0, 0.05) is 23.1 Å².